The van der Waals surface area contributed by atoms with Gasteiger partial charge in [-0.05, 0) is 64.9 Å². The summed E-state index contributed by atoms with van der Waals surface area (Å²) in [7, 11) is 0. The number of phenols is 1. The maximum atomic E-state index is 13.8. The van der Waals surface area contributed by atoms with Gasteiger partial charge in [-0.25, -0.2) is 0 Å². The maximum Gasteiger partial charge on any atom is 0.162 e. The van der Waals surface area contributed by atoms with Crippen molar-refractivity contribution in [3.8, 4) is 11.5 Å². The molecule has 0 spiro atoms. The summed E-state index contributed by atoms with van der Waals surface area (Å²) in [5.74, 6) is 0.851. The van der Waals surface area contributed by atoms with Crippen molar-refractivity contribution in [3.05, 3.63) is 107 Å². The highest BCUT2D eigenvalue weighted by atomic mass is 16.5. The number of hydrogen-bond donors (Lipinski definition) is 2. The minimum Gasteiger partial charge on any atom is -0.504 e. The van der Waals surface area contributed by atoms with Crippen LogP contribution < -0.4 is 10.1 Å². The average molecular weight is 462 g/mol. The minimum absolute atomic E-state index is 0.103. The molecular formula is C31H27NO3. The van der Waals surface area contributed by atoms with Crippen LogP contribution in [0.2, 0.25) is 0 Å². The van der Waals surface area contributed by atoms with Gasteiger partial charge in [0.2, 0.25) is 0 Å². The van der Waals surface area contributed by atoms with Crippen LogP contribution in [0.1, 0.15) is 48.4 Å². The summed E-state index contributed by atoms with van der Waals surface area (Å²) >= 11 is 0. The molecular weight excluding hydrogens is 434 g/mol. The first-order valence-electron chi connectivity index (χ1n) is 12.2. The molecule has 4 aromatic rings. The van der Waals surface area contributed by atoms with Gasteiger partial charge in [-0.3, -0.25) is 4.79 Å². The Kier molecular flexibility index (Phi) is 5.29. The summed E-state index contributed by atoms with van der Waals surface area (Å²) in [6.45, 7) is 2.34. The number of aromatic hydroxyl groups is 1. The van der Waals surface area contributed by atoms with Crippen molar-refractivity contribution in [2.45, 2.75) is 31.7 Å². The van der Waals surface area contributed by atoms with E-state index in [1.54, 1.807) is 6.07 Å². The molecule has 4 nitrogen and oxygen atoms in total. The number of Topliss-reactive ketones (excluding diaryl/α,β-unsaturated/α-hetero) is 1. The molecule has 1 aliphatic heterocycles. The molecule has 0 bridgehead atoms. The van der Waals surface area contributed by atoms with Gasteiger partial charge in [0.05, 0.1) is 12.6 Å². The standard InChI is InChI=1S/C31H27NO3/c1-2-35-28-18-21(13-15-26(28)33)31-30-24(16-22(17-27(30)34)19-8-4-3-5-9-19)29-23-11-7-6-10-20(23)12-14-25(29)32-31/h3-15,18,22,31-33H,2,16-17H2,1H3/t22-,31+/m1/s1. The molecule has 6 rings (SSSR count). The van der Waals surface area contributed by atoms with Crippen molar-refractivity contribution in [3.63, 3.8) is 0 Å². The molecule has 2 atom stereocenters. The Morgan fingerprint density at radius 2 is 1.71 bits per heavy atom. The van der Waals surface area contributed by atoms with Gasteiger partial charge >= 0.3 is 0 Å². The van der Waals surface area contributed by atoms with Crippen molar-refractivity contribution in [1.82, 2.24) is 0 Å². The van der Waals surface area contributed by atoms with Gasteiger partial charge < -0.3 is 15.2 Å². The van der Waals surface area contributed by atoms with Crippen molar-refractivity contribution in [1.29, 1.82) is 0 Å². The Labute approximate surface area is 204 Å². The highest BCUT2D eigenvalue weighted by Crippen LogP contribution is 2.51. The molecule has 1 heterocycles. The summed E-state index contributed by atoms with van der Waals surface area (Å²) in [6.07, 6.45) is 1.29. The van der Waals surface area contributed by atoms with Crippen LogP contribution in [-0.4, -0.2) is 17.5 Å². The number of benzene rings is 4. The lowest BCUT2D eigenvalue weighted by Gasteiger charge is -2.37. The van der Waals surface area contributed by atoms with Crippen LogP contribution in [0.3, 0.4) is 0 Å². The molecule has 35 heavy (non-hydrogen) atoms. The fraction of sp³-hybridized carbons (Fsp3) is 0.194. The summed E-state index contributed by atoms with van der Waals surface area (Å²) < 4.78 is 5.65. The Morgan fingerprint density at radius 3 is 2.54 bits per heavy atom. The number of fused-ring (bicyclic) bond motifs is 4. The first kappa shape index (κ1) is 21.5. The van der Waals surface area contributed by atoms with Crippen molar-refractivity contribution < 1.29 is 14.6 Å². The number of rotatable bonds is 4. The fourth-order valence-electron chi connectivity index (χ4n) is 5.64. The fourth-order valence-corrected chi connectivity index (χ4v) is 5.64. The van der Waals surface area contributed by atoms with E-state index in [2.05, 4.69) is 47.8 Å². The van der Waals surface area contributed by atoms with E-state index in [4.69, 9.17) is 4.74 Å². The van der Waals surface area contributed by atoms with E-state index in [0.29, 0.717) is 18.8 Å². The van der Waals surface area contributed by atoms with Crippen LogP contribution in [0.25, 0.3) is 16.3 Å². The van der Waals surface area contributed by atoms with E-state index in [1.807, 2.05) is 43.3 Å². The van der Waals surface area contributed by atoms with Gasteiger partial charge in [0, 0.05) is 23.2 Å². The number of anilines is 1. The van der Waals surface area contributed by atoms with E-state index in [9.17, 15) is 9.90 Å². The topological polar surface area (TPSA) is 58.6 Å². The molecule has 2 N–H and O–H groups in total. The van der Waals surface area contributed by atoms with Gasteiger partial charge in [0.15, 0.2) is 17.3 Å². The number of carbonyl (C=O) groups is 1. The van der Waals surface area contributed by atoms with Crippen LogP contribution in [0.15, 0.2) is 90.5 Å². The summed E-state index contributed by atoms with van der Waals surface area (Å²) in [5, 5.41) is 16.2. The maximum absolute atomic E-state index is 13.8. The summed E-state index contributed by atoms with van der Waals surface area (Å²) in [4.78, 5) is 13.8. The first-order valence-corrected chi connectivity index (χ1v) is 12.2. The third kappa shape index (κ3) is 3.66. The van der Waals surface area contributed by atoms with Crippen LogP contribution >= 0.6 is 0 Å². The molecule has 0 aromatic heterocycles. The van der Waals surface area contributed by atoms with E-state index < -0.39 is 0 Å². The van der Waals surface area contributed by atoms with Crippen LogP contribution in [0.4, 0.5) is 5.69 Å². The zero-order valence-corrected chi connectivity index (χ0v) is 19.6. The molecule has 174 valence electrons. The monoisotopic (exact) mass is 461 g/mol. The quantitative estimate of drug-likeness (QED) is 0.343. The largest absolute Gasteiger partial charge is 0.504 e. The summed E-state index contributed by atoms with van der Waals surface area (Å²) in [6, 6.07) is 28.1. The normalized spacial score (nSPS) is 19.2. The zero-order valence-electron chi connectivity index (χ0n) is 19.6. The Bertz CT molecular complexity index is 1470. The van der Waals surface area contributed by atoms with Crippen LogP contribution in [-0.2, 0) is 4.79 Å². The second-order valence-electron chi connectivity index (χ2n) is 9.28. The molecule has 4 aromatic carbocycles. The van der Waals surface area contributed by atoms with Gasteiger partial charge in [0.25, 0.3) is 0 Å². The van der Waals surface area contributed by atoms with Gasteiger partial charge in [-0.1, -0.05) is 66.7 Å². The zero-order chi connectivity index (χ0) is 23.9. The first-order chi connectivity index (χ1) is 17.1. The van der Waals surface area contributed by atoms with E-state index in [1.165, 1.54) is 5.56 Å². The van der Waals surface area contributed by atoms with Crippen LogP contribution in [0, 0.1) is 0 Å². The van der Waals surface area contributed by atoms with Crippen molar-refractivity contribution >= 4 is 27.8 Å². The SMILES string of the molecule is CCOc1cc([C@@H]2Nc3ccc4ccccc4c3C3=C2C(=O)C[C@H](c2ccccc2)C3)ccc1O. The third-order valence-electron chi connectivity index (χ3n) is 7.22. The van der Waals surface area contributed by atoms with Crippen molar-refractivity contribution in [2.75, 3.05) is 11.9 Å². The molecule has 0 radical (unpaired) electrons. The minimum atomic E-state index is -0.303. The average Bonchev–Trinajstić information content (AvgIpc) is 2.89. The molecule has 2 aliphatic rings. The molecule has 0 amide bonds. The number of nitrogens with one attached hydrogen (secondary N) is 1. The number of ketones is 1. The molecule has 0 unspecified atom stereocenters. The van der Waals surface area contributed by atoms with E-state index in [-0.39, 0.29) is 23.5 Å². The Balaban J connectivity index is 1.56. The van der Waals surface area contributed by atoms with E-state index >= 15 is 0 Å². The smallest absolute Gasteiger partial charge is 0.162 e. The molecule has 0 saturated carbocycles. The molecule has 0 fully saturated rings. The Hall–Kier alpha value is -4.05. The molecule has 0 saturated heterocycles. The lowest BCUT2D eigenvalue weighted by atomic mass is 9.71. The third-order valence-corrected chi connectivity index (χ3v) is 7.22. The molecule has 1 aliphatic carbocycles. The number of hydrogen-bond acceptors (Lipinski definition) is 4. The number of allylic oxidation sites excluding steroid dienone is 1. The number of carbonyl (C=O) groups excluding carboxylic acids is 1. The van der Waals surface area contributed by atoms with Gasteiger partial charge in [0.1, 0.15) is 0 Å². The second kappa shape index (κ2) is 8.62. The highest BCUT2D eigenvalue weighted by molar-refractivity contribution is 6.13. The van der Waals surface area contributed by atoms with E-state index in [0.717, 1.165) is 45.2 Å². The Morgan fingerprint density at radius 1 is 0.914 bits per heavy atom. The number of phenolic OH excluding ortho intramolecular Hbond substituents is 1. The lowest BCUT2D eigenvalue weighted by molar-refractivity contribution is -0.116. The lowest BCUT2D eigenvalue weighted by Crippen LogP contribution is -2.29. The highest BCUT2D eigenvalue weighted by Gasteiger charge is 2.38. The predicted octanol–water partition coefficient (Wildman–Crippen LogP) is 7.01. The van der Waals surface area contributed by atoms with Gasteiger partial charge in [-0.15, -0.1) is 0 Å². The summed E-state index contributed by atoms with van der Waals surface area (Å²) in [5.41, 5.74) is 6.22. The second-order valence-corrected chi connectivity index (χ2v) is 9.28. The van der Waals surface area contributed by atoms with Crippen molar-refractivity contribution in [2.24, 2.45) is 0 Å². The molecule has 4 heteroatoms. The van der Waals surface area contributed by atoms with Crippen LogP contribution in [0.5, 0.6) is 11.5 Å². The van der Waals surface area contributed by atoms with Gasteiger partial charge in [-0.2, -0.15) is 0 Å². The number of ether oxygens (including phenoxy) is 1. The predicted molar refractivity (Wildman–Crippen MR) is 140 cm³/mol.